The fourth-order valence-electron chi connectivity index (χ4n) is 2.34. The van der Waals surface area contributed by atoms with E-state index in [1.165, 1.54) is 17.4 Å². The second-order valence-corrected chi connectivity index (χ2v) is 8.49. The van der Waals surface area contributed by atoms with Gasteiger partial charge >= 0.3 is 0 Å². The van der Waals surface area contributed by atoms with Gasteiger partial charge in [-0.2, -0.15) is 0 Å². The van der Waals surface area contributed by atoms with Gasteiger partial charge in [0.15, 0.2) is 4.34 Å². The van der Waals surface area contributed by atoms with Gasteiger partial charge in [0.1, 0.15) is 5.75 Å². The summed E-state index contributed by atoms with van der Waals surface area (Å²) in [5, 5.41) is 12.0. The monoisotopic (exact) mass is 431 g/mol. The predicted molar refractivity (Wildman–Crippen MR) is 116 cm³/mol. The first-order chi connectivity index (χ1) is 13.5. The van der Waals surface area contributed by atoms with Crippen molar-refractivity contribution in [3.05, 3.63) is 70.3 Å². The number of carbonyl (C=O) groups is 1. The number of hydrogen-bond donors (Lipinski definition) is 1. The molecule has 0 aliphatic heterocycles. The molecular formula is C20H18ClN3O2S2. The first-order valence-electron chi connectivity index (χ1n) is 8.38. The van der Waals surface area contributed by atoms with Gasteiger partial charge in [0, 0.05) is 22.4 Å². The van der Waals surface area contributed by atoms with Crippen molar-refractivity contribution < 1.29 is 9.53 Å². The van der Waals surface area contributed by atoms with Gasteiger partial charge < -0.3 is 4.74 Å². The Bertz CT molecular complexity index is 987. The van der Waals surface area contributed by atoms with Crippen LogP contribution in [0, 0.1) is 6.92 Å². The van der Waals surface area contributed by atoms with Crippen LogP contribution in [0.1, 0.15) is 16.7 Å². The van der Waals surface area contributed by atoms with E-state index in [1.54, 1.807) is 24.9 Å². The van der Waals surface area contributed by atoms with Crippen LogP contribution in [0.5, 0.6) is 5.75 Å². The van der Waals surface area contributed by atoms with Gasteiger partial charge in [-0.3, -0.25) is 10.1 Å². The molecule has 1 N–H and O–H groups in total. The van der Waals surface area contributed by atoms with E-state index < -0.39 is 0 Å². The highest BCUT2D eigenvalue weighted by Gasteiger charge is 2.08. The molecule has 2 aromatic carbocycles. The highest BCUT2D eigenvalue weighted by atomic mass is 35.5. The van der Waals surface area contributed by atoms with Crippen molar-refractivity contribution in [2.24, 2.45) is 0 Å². The predicted octanol–water partition coefficient (Wildman–Crippen LogP) is 5.45. The molecule has 0 unspecified atom stereocenters. The van der Waals surface area contributed by atoms with Gasteiger partial charge in [-0.05, 0) is 42.8 Å². The van der Waals surface area contributed by atoms with Gasteiger partial charge in [-0.15, -0.1) is 10.2 Å². The zero-order chi connectivity index (χ0) is 19.9. The van der Waals surface area contributed by atoms with Crippen molar-refractivity contribution in [1.82, 2.24) is 10.2 Å². The van der Waals surface area contributed by atoms with E-state index >= 15 is 0 Å². The molecule has 0 radical (unpaired) electrons. The number of carbonyl (C=O) groups excluding carboxylic acids is 1. The molecule has 0 saturated carbocycles. The minimum atomic E-state index is -0.269. The average molecular weight is 432 g/mol. The molecule has 0 fully saturated rings. The number of benzene rings is 2. The van der Waals surface area contributed by atoms with Gasteiger partial charge in [-0.25, -0.2) is 0 Å². The third-order valence-electron chi connectivity index (χ3n) is 3.71. The molecule has 1 aromatic heterocycles. The van der Waals surface area contributed by atoms with Crippen LogP contribution in [0.3, 0.4) is 0 Å². The van der Waals surface area contributed by atoms with Crippen LogP contribution in [-0.2, 0) is 10.5 Å². The fraction of sp³-hybridized carbons (Fsp3) is 0.150. The second-order valence-electron chi connectivity index (χ2n) is 5.86. The highest BCUT2D eigenvalue weighted by molar-refractivity contribution is 8.00. The zero-order valence-electron chi connectivity index (χ0n) is 15.3. The van der Waals surface area contributed by atoms with Crippen LogP contribution in [-0.4, -0.2) is 23.2 Å². The number of aromatic nitrogens is 2. The van der Waals surface area contributed by atoms with Gasteiger partial charge in [0.2, 0.25) is 11.0 Å². The molecule has 3 aromatic rings. The first-order valence-corrected chi connectivity index (χ1v) is 10.6. The number of nitrogens with zero attached hydrogens (tertiary/aromatic N) is 2. The number of halogens is 1. The van der Waals surface area contributed by atoms with E-state index in [1.807, 2.05) is 49.4 Å². The van der Waals surface area contributed by atoms with E-state index in [-0.39, 0.29) is 5.91 Å². The summed E-state index contributed by atoms with van der Waals surface area (Å²) in [4.78, 5) is 12.2. The summed E-state index contributed by atoms with van der Waals surface area (Å²) >= 11 is 8.79. The molecule has 28 heavy (non-hydrogen) atoms. The SMILES string of the molecule is COc1ccc(C)cc1/C=C/C(=O)Nc1nnc(SCc2ccc(Cl)cc2)s1. The Morgan fingerprint density at radius 2 is 2.04 bits per heavy atom. The number of rotatable bonds is 7. The van der Waals surface area contributed by atoms with Crippen LogP contribution in [0.2, 0.25) is 5.02 Å². The molecule has 144 valence electrons. The third-order valence-corrected chi connectivity index (χ3v) is 6.01. The van der Waals surface area contributed by atoms with Gasteiger partial charge in [0.05, 0.1) is 7.11 Å². The molecule has 8 heteroatoms. The third kappa shape index (κ3) is 5.82. The number of hydrogen-bond acceptors (Lipinski definition) is 6. The maximum Gasteiger partial charge on any atom is 0.250 e. The van der Waals surface area contributed by atoms with Crippen molar-refractivity contribution in [3.63, 3.8) is 0 Å². The topological polar surface area (TPSA) is 64.1 Å². The molecule has 0 aliphatic carbocycles. The number of ether oxygens (including phenoxy) is 1. The normalized spacial score (nSPS) is 11.0. The van der Waals surface area contributed by atoms with Crippen molar-refractivity contribution in [3.8, 4) is 5.75 Å². The Morgan fingerprint density at radius 1 is 1.25 bits per heavy atom. The van der Waals surface area contributed by atoms with E-state index in [0.717, 1.165) is 26.8 Å². The lowest BCUT2D eigenvalue weighted by Crippen LogP contribution is -2.07. The number of methoxy groups -OCH3 is 1. The second kappa shape index (κ2) is 9.73. The summed E-state index contributed by atoms with van der Waals surface area (Å²) in [7, 11) is 1.60. The molecule has 1 heterocycles. The largest absolute Gasteiger partial charge is 0.496 e. The lowest BCUT2D eigenvalue weighted by molar-refractivity contribution is -0.111. The maximum absolute atomic E-state index is 12.2. The van der Waals surface area contributed by atoms with Crippen molar-refractivity contribution >= 4 is 51.8 Å². The number of nitrogens with one attached hydrogen (secondary N) is 1. The highest BCUT2D eigenvalue weighted by Crippen LogP contribution is 2.28. The quantitative estimate of drug-likeness (QED) is 0.306. The summed E-state index contributed by atoms with van der Waals surface area (Å²) in [6, 6.07) is 13.5. The molecule has 0 atom stereocenters. The number of aryl methyl sites for hydroxylation is 1. The Morgan fingerprint density at radius 3 is 2.79 bits per heavy atom. The Labute approximate surface area is 176 Å². The maximum atomic E-state index is 12.2. The molecule has 5 nitrogen and oxygen atoms in total. The molecule has 0 aliphatic rings. The Kier molecular flexibility index (Phi) is 7.08. The summed E-state index contributed by atoms with van der Waals surface area (Å²) in [6.07, 6.45) is 3.18. The summed E-state index contributed by atoms with van der Waals surface area (Å²) in [6.45, 7) is 1.99. The summed E-state index contributed by atoms with van der Waals surface area (Å²) < 4.78 is 6.10. The summed E-state index contributed by atoms with van der Waals surface area (Å²) in [5.41, 5.74) is 3.08. The molecule has 3 rings (SSSR count). The lowest BCUT2D eigenvalue weighted by Gasteiger charge is -2.05. The Hall–Kier alpha value is -2.35. The Balaban J connectivity index is 1.56. The molecule has 1 amide bonds. The van der Waals surface area contributed by atoms with Crippen LogP contribution < -0.4 is 10.1 Å². The van der Waals surface area contributed by atoms with Crippen LogP contribution in [0.25, 0.3) is 6.08 Å². The fourth-order valence-corrected chi connectivity index (χ4v) is 4.18. The van der Waals surface area contributed by atoms with Gasteiger partial charge in [-0.1, -0.05) is 58.5 Å². The van der Waals surface area contributed by atoms with Crippen LogP contribution >= 0.6 is 34.7 Å². The lowest BCUT2D eigenvalue weighted by atomic mass is 10.1. The number of thioether (sulfide) groups is 1. The van der Waals surface area contributed by atoms with Crippen molar-refractivity contribution in [1.29, 1.82) is 0 Å². The minimum absolute atomic E-state index is 0.269. The molecule has 0 spiro atoms. The van der Waals surface area contributed by atoms with Crippen LogP contribution in [0.4, 0.5) is 5.13 Å². The smallest absolute Gasteiger partial charge is 0.250 e. The van der Waals surface area contributed by atoms with Crippen molar-refractivity contribution in [2.75, 3.05) is 12.4 Å². The standard InChI is InChI=1S/C20H18ClN3O2S2/c1-13-3-9-17(26-2)15(11-13)6-10-18(25)22-19-23-24-20(28-19)27-12-14-4-7-16(21)8-5-14/h3-11H,12H2,1-2H3,(H,22,23,25)/b10-6+. The van der Waals surface area contributed by atoms with Gasteiger partial charge in [0.25, 0.3) is 0 Å². The van der Waals surface area contributed by atoms with Crippen molar-refractivity contribution in [2.45, 2.75) is 17.0 Å². The van der Waals surface area contributed by atoms with Crippen LogP contribution in [0.15, 0.2) is 52.9 Å². The number of anilines is 1. The van der Waals surface area contributed by atoms with E-state index in [9.17, 15) is 4.79 Å². The molecule has 0 saturated heterocycles. The van der Waals surface area contributed by atoms with E-state index in [0.29, 0.717) is 15.9 Å². The van der Waals surface area contributed by atoms with E-state index in [4.69, 9.17) is 16.3 Å². The molecular weight excluding hydrogens is 414 g/mol. The average Bonchev–Trinajstić information content (AvgIpc) is 3.13. The van der Waals surface area contributed by atoms with E-state index in [2.05, 4.69) is 15.5 Å². The first kappa shape index (κ1) is 20.4. The molecule has 0 bridgehead atoms. The summed E-state index contributed by atoms with van der Waals surface area (Å²) in [5.74, 6) is 1.20. The minimum Gasteiger partial charge on any atom is -0.496 e. The number of amides is 1. The zero-order valence-corrected chi connectivity index (χ0v) is 17.7.